The molecule has 35 heavy (non-hydrogen) atoms. The van der Waals surface area contributed by atoms with E-state index in [2.05, 4.69) is 47.9 Å². The molecule has 0 radical (unpaired) electrons. The van der Waals surface area contributed by atoms with E-state index in [1.54, 1.807) is 0 Å². The van der Waals surface area contributed by atoms with Crippen LogP contribution in [-0.4, -0.2) is 96.7 Å². The summed E-state index contributed by atoms with van der Waals surface area (Å²) in [4.78, 5) is 23.6. The zero-order valence-corrected chi connectivity index (χ0v) is 21.3. The van der Waals surface area contributed by atoms with Crippen molar-refractivity contribution >= 4 is 40.0 Å². The van der Waals surface area contributed by atoms with E-state index in [0.717, 1.165) is 107 Å². The van der Waals surface area contributed by atoms with Crippen molar-refractivity contribution in [2.45, 2.75) is 13.3 Å². The van der Waals surface area contributed by atoms with Crippen molar-refractivity contribution < 1.29 is 0 Å². The molecule has 0 unspecified atom stereocenters. The summed E-state index contributed by atoms with van der Waals surface area (Å²) in [6.45, 7) is 13.7. The van der Waals surface area contributed by atoms with Crippen molar-refractivity contribution in [1.29, 1.82) is 0 Å². The van der Waals surface area contributed by atoms with Gasteiger partial charge in [0.25, 0.3) is 0 Å². The molecule has 186 valence electrons. The van der Waals surface area contributed by atoms with Crippen LogP contribution in [0.1, 0.15) is 13.3 Å². The zero-order valence-electron chi connectivity index (χ0n) is 20.5. The van der Waals surface area contributed by atoms with Crippen molar-refractivity contribution in [1.82, 2.24) is 24.8 Å². The number of piperazine rings is 2. The number of rotatable bonds is 8. The third-order valence-corrected chi connectivity index (χ3v) is 7.33. The van der Waals surface area contributed by atoms with Crippen molar-refractivity contribution in [3.63, 3.8) is 0 Å². The number of fused-ring (bicyclic) bond motifs is 1. The third-order valence-electron chi connectivity index (χ3n) is 7.10. The van der Waals surface area contributed by atoms with Gasteiger partial charge in [-0.15, -0.1) is 0 Å². The predicted octanol–water partition coefficient (Wildman–Crippen LogP) is 3.44. The molecule has 0 aliphatic carbocycles. The standard InChI is InChI=1S/C26H35ClN8/c1-2-32-12-18-35(19-13-32)26-30-10-7-25(31-26)34-16-14-33(15-17-34)11-3-8-28-23-6-9-29-24-20-21(27)4-5-22(23)24/h4-7,9-10,20H,2-3,8,11-19H2,1H3,(H,28,29). The summed E-state index contributed by atoms with van der Waals surface area (Å²) in [5.74, 6) is 1.93. The first kappa shape index (κ1) is 24.0. The van der Waals surface area contributed by atoms with Gasteiger partial charge in [0.2, 0.25) is 5.95 Å². The number of hydrogen-bond donors (Lipinski definition) is 1. The summed E-state index contributed by atoms with van der Waals surface area (Å²) in [7, 11) is 0. The third kappa shape index (κ3) is 5.94. The van der Waals surface area contributed by atoms with Crippen LogP contribution in [0.2, 0.25) is 5.02 Å². The molecule has 2 aliphatic rings. The van der Waals surface area contributed by atoms with Gasteiger partial charge in [-0.1, -0.05) is 18.5 Å². The topological polar surface area (TPSA) is 63.7 Å². The molecule has 3 aromatic rings. The van der Waals surface area contributed by atoms with Gasteiger partial charge in [-0.2, -0.15) is 4.98 Å². The molecule has 0 atom stereocenters. The van der Waals surface area contributed by atoms with E-state index in [0.29, 0.717) is 5.02 Å². The van der Waals surface area contributed by atoms with E-state index >= 15 is 0 Å². The lowest BCUT2D eigenvalue weighted by Crippen LogP contribution is -2.48. The fraction of sp³-hybridized carbons (Fsp3) is 0.500. The molecule has 2 aliphatic heterocycles. The fourth-order valence-corrected chi connectivity index (χ4v) is 5.10. The molecule has 8 nitrogen and oxygen atoms in total. The molecule has 5 rings (SSSR count). The maximum absolute atomic E-state index is 6.11. The largest absolute Gasteiger partial charge is 0.384 e. The van der Waals surface area contributed by atoms with Crippen molar-refractivity contribution in [3.05, 3.63) is 47.7 Å². The Balaban J connectivity index is 1.07. The molecule has 1 aromatic carbocycles. The molecule has 1 N–H and O–H groups in total. The van der Waals surface area contributed by atoms with Gasteiger partial charge in [0, 0.05) is 87.4 Å². The molecule has 2 aromatic heterocycles. The van der Waals surface area contributed by atoms with Crippen LogP contribution in [0, 0.1) is 0 Å². The van der Waals surface area contributed by atoms with E-state index < -0.39 is 0 Å². The highest BCUT2D eigenvalue weighted by molar-refractivity contribution is 6.31. The molecule has 4 heterocycles. The highest BCUT2D eigenvalue weighted by atomic mass is 35.5. The average molecular weight is 495 g/mol. The highest BCUT2D eigenvalue weighted by Crippen LogP contribution is 2.24. The van der Waals surface area contributed by atoms with Gasteiger partial charge in [0.15, 0.2) is 0 Å². The van der Waals surface area contributed by atoms with E-state index in [9.17, 15) is 0 Å². The summed E-state index contributed by atoms with van der Waals surface area (Å²) >= 11 is 6.11. The number of benzene rings is 1. The number of pyridine rings is 1. The molecular weight excluding hydrogens is 460 g/mol. The van der Waals surface area contributed by atoms with Crippen LogP contribution in [0.4, 0.5) is 17.5 Å². The van der Waals surface area contributed by atoms with Gasteiger partial charge in [-0.3, -0.25) is 9.88 Å². The molecule has 9 heteroatoms. The Morgan fingerprint density at radius 3 is 2.40 bits per heavy atom. The van der Waals surface area contributed by atoms with Crippen molar-refractivity contribution in [2.75, 3.05) is 87.1 Å². The van der Waals surface area contributed by atoms with Crippen LogP contribution in [0.5, 0.6) is 0 Å². The van der Waals surface area contributed by atoms with Crippen LogP contribution in [-0.2, 0) is 0 Å². The molecule has 2 fully saturated rings. The normalized spacial score (nSPS) is 17.8. The summed E-state index contributed by atoms with van der Waals surface area (Å²) in [5, 5.41) is 5.41. The Morgan fingerprint density at radius 1 is 0.857 bits per heavy atom. The Bertz CT molecular complexity index is 1110. The van der Waals surface area contributed by atoms with Crippen LogP contribution in [0.25, 0.3) is 10.9 Å². The Morgan fingerprint density at radius 2 is 1.60 bits per heavy atom. The van der Waals surface area contributed by atoms with Gasteiger partial charge in [0.1, 0.15) is 5.82 Å². The fourth-order valence-electron chi connectivity index (χ4n) is 4.93. The maximum atomic E-state index is 6.11. The average Bonchev–Trinajstić information content (AvgIpc) is 2.91. The zero-order chi connectivity index (χ0) is 24.0. The Kier molecular flexibility index (Phi) is 7.81. The van der Waals surface area contributed by atoms with Gasteiger partial charge < -0.3 is 20.0 Å². The molecule has 0 bridgehead atoms. The van der Waals surface area contributed by atoms with E-state index in [-0.39, 0.29) is 0 Å². The summed E-state index contributed by atoms with van der Waals surface area (Å²) in [6, 6.07) is 9.96. The predicted molar refractivity (Wildman–Crippen MR) is 145 cm³/mol. The van der Waals surface area contributed by atoms with Crippen LogP contribution in [0.15, 0.2) is 42.7 Å². The summed E-state index contributed by atoms with van der Waals surface area (Å²) < 4.78 is 0. The monoisotopic (exact) mass is 494 g/mol. The minimum atomic E-state index is 0.717. The Hall–Kier alpha value is -2.68. The molecule has 0 spiro atoms. The lowest BCUT2D eigenvalue weighted by atomic mass is 10.2. The number of hydrogen-bond acceptors (Lipinski definition) is 8. The number of nitrogens with zero attached hydrogens (tertiary/aromatic N) is 7. The molecule has 2 saturated heterocycles. The number of aromatic nitrogens is 3. The first-order chi connectivity index (χ1) is 17.2. The van der Waals surface area contributed by atoms with Crippen molar-refractivity contribution in [3.8, 4) is 0 Å². The van der Waals surface area contributed by atoms with Gasteiger partial charge in [-0.05, 0) is 49.8 Å². The first-order valence-corrected chi connectivity index (χ1v) is 13.1. The number of nitrogens with one attached hydrogen (secondary N) is 1. The lowest BCUT2D eigenvalue weighted by molar-refractivity contribution is 0.256. The highest BCUT2D eigenvalue weighted by Gasteiger charge is 2.21. The van der Waals surface area contributed by atoms with Crippen LogP contribution < -0.4 is 15.1 Å². The second kappa shape index (κ2) is 11.4. The van der Waals surface area contributed by atoms with Gasteiger partial charge in [-0.25, -0.2) is 4.98 Å². The summed E-state index contributed by atoms with van der Waals surface area (Å²) in [6.07, 6.45) is 4.85. The van der Waals surface area contributed by atoms with E-state index in [1.807, 2.05) is 36.7 Å². The SMILES string of the molecule is CCN1CCN(c2nccc(N3CCN(CCCNc4ccnc5cc(Cl)ccc45)CC3)n2)CC1. The second-order valence-corrected chi connectivity index (χ2v) is 9.70. The van der Waals surface area contributed by atoms with E-state index in [1.165, 1.54) is 0 Å². The Labute approximate surface area is 212 Å². The number of likely N-dealkylation sites (N-methyl/N-ethyl adjacent to an activating group) is 1. The number of anilines is 3. The van der Waals surface area contributed by atoms with Gasteiger partial charge >= 0.3 is 0 Å². The first-order valence-electron chi connectivity index (χ1n) is 12.8. The van der Waals surface area contributed by atoms with Crippen LogP contribution in [0.3, 0.4) is 0 Å². The van der Waals surface area contributed by atoms with Gasteiger partial charge in [0.05, 0.1) is 5.52 Å². The minimum Gasteiger partial charge on any atom is -0.384 e. The maximum Gasteiger partial charge on any atom is 0.227 e. The lowest BCUT2D eigenvalue weighted by Gasteiger charge is -2.36. The molecule has 0 saturated carbocycles. The number of halogens is 1. The molecule has 0 amide bonds. The van der Waals surface area contributed by atoms with Crippen molar-refractivity contribution in [2.24, 2.45) is 0 Å². The van der Waals surface area contributed by atoms with Crippen LogP contribution >= 0.6 is 11.6 Å². The van der Waals surface area contributed by atoms with E-state index in [4.69, 9.17) is 16.6 Å². The quantitative estimate of drug-likeness (QED) is 0.478. The minimum absolute atomic E-state index is 0.717. The summed E-state index contributed by atoms with van der Waals surface area (Å²) in [5.41, 5.74) is 2.04. The smallest absolute Gasteiger partial charge is 0.227 e. The molecular formula is C26H35ClN8. The second-order valence-electron chi connectivity index (χ2n) is 9.27.